The second-order valence-electron chi connectivity index (χ2n) is 8.66. The largest absolute Gasteiger partial charge is 0.364 e. The molecule has 0 saturated carbocycles. The van der Waals surface area contributed by atoms with Crippen LogP contribution in [-0.2, 0) is 9.63 Å². The Balaban J connectivity index is 0. The molecule has 168 valence electrons. The smallest absolute Gasteiger partial charge is 0.352 e. The van der Waals surface area contributed by atoms with E-state index in [9.17, 15) is 4.79 Å². The van der Waals surface area contributed by atoms with E-state index in [-0.39, 0.29) is 28.5 Å². The van der Waals surface area contributed by atoms with Gasteiger partial charge >= 0.3 is 5.97 Å². The van der Waals surface area contributed by atoms with Gasteiger partial charge in [0.2, 0.25) is 0 Å². The van der Waals surface area contributed by atoms with Crippen molar-refractivity contribution in [1.29, 1.82) is 0 Å². The average molecular weight is 463 g/mol. The summed E-state index contributed by atoms with van der Waals surface area (Å²) in [5.41, 5.74) is 0.322. The molecule has 0 unspecified atom stereocenters. The van der Waals surface area contributed by atoms with Gasteiger partial charge in [-0.25, -0.2) is 4.79 Å². The van der Waals surface area contributed by atoms with Crippen LogP contribution in [0.25, 0.3) is 0 Å². The lowest BCUT2D eigenvalue weighted by Gasteiger charge is -2.36. The molecule has 0 N–H and O–H groups in total. The minimum absolute atomic E-state index is 0. The number of halogens is 1. The van der Waals surface area contributed by atoms with Crippen molar-refractivity contribution in [2.75, 3.05) is 6.54 Å². The summed E-state index contributed by atoms with van der Waals surface area (Å²) < 4.78 is 0. The number of hydroxylamine groups is 2. The number of carbonyl (C=O) groups is 1. The van der Waals surface area contributed by atoms with Crippen LogP contribution in [0, 0.1) is 0 Å². The summed E-state index contributed by atoms with van der Waals surface area (Å²) in [4.78, 5) is 17.3. The predicted molar refractivity (Wildman–Crippen MR) is 128 cm³/mol. The SMILES string of the molecule is Br.C=C(C)C(=O)ON(CC)C(C)(C)CCCCCCCCCCCCCCC. The molecule has 0 radical (unpaired) electrons. The van der Waals surface area contributed by atoms with Crippen molar-refractivity contribution in [2.45, 2.75) is 130 Å². The highest BCUT2D eigenvalue weighted by molar-refractivity contribution is 8.93. The van der Waals surface area contributed by atoms with Gasteiger partial charge in [0.25, 0.3) is 0 Å². The molecular weight excluding hydrogens is 414 g/mol. The van der Waals surface area contributed by atoms with Crippen molar-refractivity contribution < 1.29 is 9.63 Å². The highest BCUT2D eigenvalue weighted by Gasteiger charge is 2.28. The second-order valence-corrected chi connectivity index (χ2v) is 8.66. The topological polar surface area (TPSA) is 29.5 Å². The van der Waals surface area contributed by atoms with E-state index in [0.29, 0.717) is 12.1 Å². The minimum Gasteiger partial charge on any atom is -0.364 e. The van der Waals surface area contributed by atoms with Gasteiger partial charge in [-0.3, -0.25) is 0 Å². The third kappa shape index (κ3) is 15.6. The lowest BCUT2D eigenvalue weighted by atomic mass is 9.95. The lowest BCUT2D eigenvalue weighted by molar-refractivity contribution is -0.212. The van der Waals surface area contributed by atoms with Gasteiger partial charge in [0.15, 0.2) is 0 Å². The first-order valence-corrected chi connectivity index (χ1v) is 11.5. The molecule has 28 heavy (non-hydrogen) atoms. The average Bonchev–Trinajstić information content (AvgIpc) is 2.62. The molecule has 0 aromatic carbocycles. The third-order valence-electron chi connectivity index (χ3n) is 5.40. The van der Waals surface area contributed by atoms with E-state index in [1.54, 1.807) is 6.92 Å². The summed E-state index contributed by atoms with van der Waals surface area (Å²) in [5, 5.41) is 1.81. The van der Waals surface area contributed by atoms with E-state index in [4.69, 9.17) is 4.84 Å². The van der Waals surface area contributed by atoms with E-state index in [1.807, 2.05) is 12.0 Å². The molecule has 0 saturated heterocycles. The van der Waals surface area contributed by atoms with Gasteiger partial charge in [0, 0.05) is 12.1 Å². The fourth-order valence-corrected chi connectivity index (χ4v) is 3.49. The maximum atomic E-state index is 11.8. The van der Waals surface area contributed by atoms with E-state index in [0.717, 1.165) is 6.42 Å². The Labute approximate surface area is 186 Å². The lowest BCUT2D eigenvalue weighted by Crippen LogP contribution is -2.45. The van der Waals surface area contributed by atoms with Crippen LogP contribution in [-0.4, -0.2) is 23.1 Å². The quantitative estimate of drug-likeness (QED) is 0.117. The van der Waals surface area contributed by atoms with Crippen molar-refractivity contribution in [3.05, 3.63) is 12.2 Å². The number of nitrogens with zero attached hydrogens (tertiary/aromatic N) is 1. The molecular formula is C24H48BrNO2. The van der Waals surface area contributed by atoms with E-state index >= 15 is 0 Å². The molecule has 3 nitrogen and oxygen atoms in total. The van der Waals surface area contributed by atoms with Crippen molar-refractivity contribution in [3.8, 4) is 0 Å². The molecule has 0 aromatic rings. The predicted octanol–water partition coefficient (Wildman–Crippen LogP) is 8.18. The summed E-state index contributed by atoms with van der Waals surface area (Å²) in [5.74, 6) is -0.324. The summed E-state index contributed by atoms with van der Waals surface area (Å²) in [6, 6.07) is 0. The molecule has 0 bridgehead atoms. The van der Waals surface area contributed by atoms with Gasteiger partial charge in [-0.15, -0.1) is 22.0 Å². The van der Waals surface area contributed by atoms with E-state index < -0.39 is 0 Å². The highest BCUT2D eigenvalue weighted by atomic mass is 79.9. The van der Waals surface area contributed by atoms with Gasteiger partial charge in [-0.2, -0.15) is 0 Å². The van der Waals surface area contributed by atoms with Crippen LogP contribution in [0.2, 0.25) is 0 Å². The zero-order valence-corrected chi connectivity index (χ0v) is 21.2. The fourth-order valence-electron chi connectivity index (χ4n) is 3.49. The molecule has 0 rings (SSSR count). The molecule has 4 heteroatoms. The van der Waals surface area contributed by atoms with Gasteiger partial charge in [-0.1, -0.05) is 97.0 Å². The fraction of sp³-hybridized carbons (Fsp3) is 0.875. The third-order valence-corrected chi connectivity index (χ3v) is 5.40. The zero-order chi connectivity index (χ0) is 20.5. The van der Waals surface area contributed by atoms with Crippen LogP contribution in [0.5, 0.6) is 0 Å². The number of hydrogen-bond acceptors (Lipinski definition) is 3. The highest BCUT2D eigenvalue weighted by Crippen LogP contribution is 2.23. The van der Waals surface area contributed by atoms with Crippen molar-refractivity contribution >= 4 is 23.0 Å². The van der Waals surface area contributed by atoms with Gasteiger partial charge in [0.05, 0.1) is 5.54 Å². The molecule has 0 amide bonds. The molecule has 0 aliphatic heterocycles. The minimum atomic E-state index is -0.324. The molecule has 0 spiro atoms. The van der Waals surface area contributed by atoms with E-state index in [1.165, 1.54) is 83.5 Å². The van der Waals surface area contributed by atoms with Crippen LogP contribution in [0.4, 0.5) is 0 Å². The molecule has 0 aliphatic carbocycles. The van der Waals surface area contributed by atoms with Gasteiger partial charge in [0.1, 0.15) is 0 Å². The number of carbonyl (C=O) groups excluding carboxylic acids is 1. The van der Waals surface area contributed by atoms with Gasteiger partial charge in [-0.05, 0) is 34.1 Å². The molecule has 0 aliphatic rings. The normalized spacial score (nSPS) is 11.4. The van der Waals surface area contributed by atoms with E-state index in [2.05, 4.69) is 27.4 Å². The monoisotopic (exact) mass is 461 g/mol. The second kappa shape index (κ2) is 18.7. The summed E-state index contributed by atoms with van der Waals surface area (Å²) >= 11 is 0. The Hall–Kier alpha value is -0.350. The Morgan fingerprint density at radius 1 is 0.821 bits per heavy atom. The van der Waals surface area contributed by atoms with Crippen LogP contribution >= 0.6 is 17.0 Å². The first kappa shape index (κ1) is 29.8. The number of hydrogen-bond donors (Lipinski definition) is 0. The number of rotatable bonds is 18. The first-order valence-electron chi connectivity index (χ1n) is 11.5. The summed E-state index contributed by atoms with van der Waals surface area (Å²) in [7, 11) is 0. The molecule has 0 atom stereocenters. The standard InChI is InChI=1S/C24H47NO2.BrH/c1-7-9-10-11-12-13-14-15-16-17-18-19-20-21-24(5,6)25(8-2)27-23(26)22(3)4;/h3,7-21H2,1-2,4-6H3;1H. The maximum Gasteiger partial charge on any atom is 0.352 e. The van der Waals surface area contributed by atoms with Crippen molar-refractivity contribution in [3.63, 3.8) is 0 Å². The Morgan fingerprint density at radius 3 is 1.57 bits per heavy atom. The van der Waals surface area contributed by atoms with Gasteiger partial charge < -0.3 is 4.84 Å². The van der Waals surface area contributed by atoms with Crippen molar-refractivity contribution in [2.24, 2.45) is 0 Å². The molecule has 0 fully saturated rings. The van der Waals surface area contributed by atoms with Crippen LogP contribution in [0.1, 0.15) is 125 Å². The number of unbranched alkanes of at least 4 members (excludes halogenated alkanes) is 12. The molecule has 0 aromatic heterocycles. The first-order chi connectivity index (χ1) is 12.8. The molecule has 0 heterocycles. The maximum absolute atomic E-state index is 11.8. The summed E-state index contributed by atoms with van der Waals surface area (Å²) in [6.07, 6.45) is 18.8. The zero-order valence-electron chi connectivity index (χ0n) is 19.5. The Bertz CT molecular complexity index is 396. The van der Waals surface area contributed by atoms with Crippen LogP contribution in [0.15, 0.2) is 12.2 Å². The van der Waals surface area contributed by atoms with Crippen molar-refractivity contribution in [1.82, 2.24) is 5.06 Å². The Kier molecular flexibility index (Phi) is 19.9. The van der Waals surface area contributed by atoms with Crippen LogP contribution < -0.4 is 0 Å². The Morgan fingerprint density at radius 2 is 1.21 bits per heavy atom. The van der Waals surface area contributed by atoms with Crippen LogP contribution in [0.3, 0.4) is 0 Å². The summed E-state index contributed by atoms with van der Waals surface area (Å²) in [6.45, 7) is 14.7.